The summed E-state index contributed by atoms with van der Waals surface area (Å²) in [4.78, 5) is 0. The van der Waals surface area contributed by atoms with Crippen LogP contribution in [0.1, 0.15) is 17.4 Å². The zero-order valence-electron chi connectivity index (χ0n) is 10.2. The Bertz CT molecular complexity index is 737. The Hall–Kier alpha value is -1.93. The maximum Gasteiger partial charge on any atom is 0.134 e. The first-order chi connectivity index (χ1) is 9.29. The summed E-state index contributed by atoms with van der Waals surface area (Å²) >= 11 is 6.00. The molecule has 0 aliphatic carbocycles. The van der Waals surface area contributed by atoms with Crippen LogP contribution >= 0.6 is 11.6 Å². The average Bonchev–Trinajstić information content (AvgIpc) is 3.00. The average molecular weight is 270 g/mol. The zero-order valence-corrected chi connectivity index (χ0v) is 10.9. The zero-order chi connectivity index (χ0) is 12.8. The van der Waals surface area contributed by atoms with Gasteiger partial charge in [0.25, 0.3) is 0 Å². The molecular weight excluding hydrogens is 258 g/mol. The van der Waals surface area contributed by atoms with E-state index in [9.17, 15) is 0 Å². The Kier molecular flexibility index (Phi) is 2.32. The van der Waals surface area contributed by atoms with Crippen molar-refractivity contribution in [1.29, 1.82) is 0 Å². The van der Waals surface area contributed by atoms with Gasteiger partial charge < -0.3 is 9.73 Å². The Morgan fingerprint density at radius 3 is 2.89 bits per heavy atom. The van der Waals surface area contributed by atoms with Crippen molar-refractivity contribution in [3.8, 4) is 0 Å². The van der Waals surface area contributed by atoms with Crippen molar-refractivity contribution in [3.05, 3.63) is 64.9 Å². The van der Waals surface area contributed by atoms with Crippen molar-refractivity contribution >= 4 is 28.3 Å². The number of anilines is 1. The van der Waals surface area contributed by atoms with E-state index in [1.165, 1.54) is 11.3 Å². The molecule has 1 aromatic heterocycles. The number of hydrogen-bond acceptors (Lipinski definition) is 2. The van der Waals surface area contributed by atoms with Crippen LogP contribution in [0.25, 0.3) is 11.0 Å². The Balaban J connectivity index is 1.73. The van der Waals surface area contributed by atoms with E-state index < -0.39 is 0 Å². The lowest BCUT2D eigenvalue weighted by Crippen LogP contribution is -2.03. The number of fused-ring (bicyclic) bond motifs is 2. The van der Waals surface area contributed by atoms with Crippen LogP contribution in [-0.4, -0.2) is 0 Å². The number of para-hydroxylation sites is 1. The molecule has 1 aliphatic heterocycles. The van der Waals surface area contributed by atoms with E-state index in [0.717, 1.165) is 28.2 Å². The first-order valence-electron chi connectivity index (χ1n) is 6.33. The van der Waals surface area contributed by atoms with Gasteiger partial charge in [-0.3, -0.25) is 0 Å². The fourth-order valence-corrected chi connectivity index (χ4v) is 2.86. The summed E-state index contributed by atoms with van der Waals surface area (Å²) in [6, 6.07) is 16.4. The Labute approximate surface area is 116 Å². The molecule has 0 radical (unpaired) electrons. The summed E-state index contributed by atoms with van der Waals surface area (Å²) in [5.74, 6) is 0.966. The van der Waals surface area contributed by atoms with Crippen molar-refractivity contribution in [2.24, 2.45) is 0 Å². The summed E-state index contributed by atoms with van der Waals surface area (Å²) in [6.07, 6.45) is 0.962. The molecule has 2 heterocycles. The van der Waals surface area contributed by atoms with Crippen molar-refractivity contribution < 1.29 is 4.42 Å². The molecule has 19 heavy (non-hydrogen) atoms. The third-order valence-corrected chi connectivity index (χ3v) is 3.85. The highest BCUT2D eigenvalue weighted by Gasteiger charge is 2.24. The van der Waals surface area contributed by atoms with Gasteiger partial charge in [-0.25, -0.2) is 0 Å². The predicted octanol–water partition coefficient (Wildman–Crippen LogP) is 4.80. The van der Waals surface area contributed by atoms with Gasteiger partial charge in [-0.15, -0.1) is 0 Å². The SMILES string of the molecule is Clc1ccc2oc(C3Cc4ccccc4N3)cc2c1. The smallest absolute Gasteiger partial charge is 0.134 e. The minimum absolute atomic E-state index is 0.212. The largest absolute Gasteiger partial charge is 0.459 e. The van der Waals surface area contributed by atoms with E-state index in [0.29, 0.717) is 0 Å². The lowest BCUT2D eigenvalue weighted by atomic mass is 10.1. The standard InChI is InChI=1S/C16H12ClNO/c17-12-5-6-15-11(7-12)9-16(19-15)14-8-10-3-1-2-4-13(10)18-14/h1-7,9,14,18H,8H2. The number of halogens is 1. The van der Waals surface area contributed by atoms with Gasteiger partial charge in [0.2, 0.25) is 0 Å². The quantitative estimate of drug-likeness (QED) is 0.687. The second-order valence-corrected chi connectivity index (χ2v) is 5.33. The van der Waals surface area contributed by atoms with E-state index in [1.54, 1.807) is 0 Å². The number of nitrogens with one attached hydrogen (secondary N) is 1. The van der Waals surface area contributed by atoms with Crippen LogP contribution in [0, 0.1) is 0 Å². The minimum atomic E-state index is 0.212. The van der Waals surface area contributed by atoms with Gasteiger partial charge in [0.15, 0.2) is 0 Å². The van der Waals surface area contributed by atoms with Crippen LogP contribution in [-0.2, 0) is 6.42 Å². The second kappa shape index (κ2) is 4.04. The Morgan fingerprint density at radius 2 is 2.00 bits per heavy atom. The van der Waals surface area contributed by atoms with Gasteiger partial charge in [0, 0.05) is 22.5 Å². The third kappa shape index (κ3) is 1.80. The van der Waals surface area contributed by atoms with Gasteiger partial charge in [-0.2, -0.15) is 0 Å². The summed E-state index contributed by atoms with van der Waals surface area (Å²) in [5, 5.41) is 5.29. The molecule has 1 N–H and O–H groups in total. The lowest BCUT2D eigenvalue weighted by Gasteiger charge is -2.06. The van der Waals surface area contributed by atoms with E-state index in [2.05, 4.69) is 29.6 Å². The van der Waals surface area contributed by atoms with Crippen LogP contribution < -0.4 is 5.32 Å². The van der Waals surface area contributed by atoms with E-state index >= 15 is 0 Å². The molecule has 1 atom stereocenters. The van der Waals surface area contributed by atoms with Gasteiger partial charge in [-0.1, -0.05) is 29.8 Å². The number of furan rings is 1. The molecule has 0 spiro atoms. The molecule has 0 saturated carbocycles. The molecule has 1 aliphatic rings. The van der Waals surface area contributed by atoms with Crippen LogP contribution in [0.5, 0.6) is 0 Å². The molecule has 0 amide bonds. The molecule has 0 saturated heterocycles. The van der Waals surface area contributed by atoms with E-state index in [4.69, 9.17) is 16.0 Å². The van der Waals surface area contributed by atoms with Gasteiger partial charge >= 0.3 is 0 Å². The van der Waals surface area contributed by atoms with E-state index in [1.807, 2.05) is 24.3 Å². The predicted molar refractivity (Wildman–Crippen MR) is 77.7 cm³/mol. The second-order valence-electron chi connectivity index (χ2n) is 4.89. The van der Waals surface area contributed by atoms with Crippen LogP contribution in [0.4, 0.5) is 5.69 Å². The number of benzene rings is 2. The van der Waals surface area contributed by atoms with Gasteiger partial charge in [0.1, 0.15) is 11.3 Å². The highest BCUT2D eigenvalue weighted by molar-refractivity contribution is 6.31. The summed E-state index contributed by atoms with van der Waals surface area (Å²) in [7, 11) is 0. The summed E-state index contributed by atoms with van der Waals surface area (Å²) in [5.41, 5.74) is 3.43. The highest BCUT2D eigenvalue weighted by atomic mass is 35.5. The minimum Gasteiger partial charge on any atom is -0.459 e. The highest BCUT2D eigenvalue weighted by Crippen LogP contribution is 2.36. The normalized spacial score (nSPS) is 17.4. The van der Waals surface area contributed by atoms with Gasteiger partial charge in [0.05, 0.1) is 6.04 Å². The van der Waals surface area contributed by atoms with Crippen LogP contribution in [0.2, 0.25) is 5.02 Å². The fraction of sp³-hybridized carbons (Fsp3) is 0.125. The Morgan fingerprint density at radius 1 is 1.11 bits per heavy atom. The van der Waals surface area contributed by atoms with Crippen molar-refractivity contribution in [1.82, 2.24) is 0 Å². The number of rotatable bonds is 1. The first-order valence-corrected chi connectivity index (χ1v) is 6.71. The van der Waals surface area contributed by atoms with Crippen molar-refractivity contribution in [3.63, 3.8) is 0 Å². The molecule has 3 heteroatoms. The molecular formula is C16H12ClNO. The molecule has 4 rings (SSSR count). The molecule has 0 fully saturated rings. The molecule has 0 bridgehead atoms. The van der Waals surface area contributed by atoms with Crippen molar-refractivity contribution in [2.45, 2.75) is 12.5 Å². The van der Waals surface area contributed by atoms with Crippen molar-refractivity contribution in [2.75, 3.05) is 5.32 Å². The van der Waals surface area contributed by atoms with Crippen LogP contribution in [0.15, 0.2) is 52.9 Å². The summed E-state index contributed by atoms with van der Waals surface area (Å²) < 4.78 is 5.92. The topological polar surface area (TPSA) is 25.2 Å². The van der Waals surface area contributed by atoms with E-state index in [-0.39, 0.29) is 6.04 Å². The lowest BCUT2D eigenvalue weighted by molar-refractivity contribution is 0.517. The monoisotopic (exact) mass is 269 g/mol. The maximum atomic E-state index is 6.00. The molecule has 94 valence electrons. The maximum absolute atomic E-state index is 6.00. The first kappa shape index (κ1) is 10.9. The number of hydrogen-bond donors (Lipinski definition) is 1. The fourth-order valence-electron chi connectivity index (χ4n) is 2.68. The molecule has 2 nitrogen and oxygen atoms in total. The van der Waals surface area contributed by atoms with Gasteiger partial charge in [-0.05, 0) is 35.9 Å². The molecule has 3 aromatic rings. The molecule has 2 aromatic carbocycles. The third-order valence-electron chi connectivity index (χ3n) is 3.61. The van der Waals surface area contributed by atoms with Crippen LogP contribution in [0.3, 0.4) is 0 Å². The summed E-state index contributed by atoms with van der Waals surface area (Å²) in [6.45, 7) is 0. The molecule has 1 unspecified atom stereocenters.